The number of benzene rings is 2. The first-order chi connectivity index (χ1) is 17.3. The number of amides is 1. The number of carbonyl (C=O) groups is 1. The van der Waals surface area contributed by atoms with Crippen molar-refractivity contribution in [3.8, 4) is 0 Å². The summed E-state index contributed by atoms with van der Waals surface area (Å²) >= 11 is 0. The van der Waals surface area contributed by atoms with Crippen molar-refractivity contribution in [2.75, 3.05) is 18.5 Å². The van der Waals surface area contributed by atoms with E-state index in [0.717, 1.165) is 24.4 Å². The number of halogens is 4. The van der Waals surface area contributed by atoms with Gasteiger partial charge in [-0.15, -0.1) is 0 Å². The number of nitrogens with zero attached hydrogens (tertiary/aromatic N) is 1. The molecule has 4 rings (SSSR count). The molecule has 190 valence electrons. The van der Waals surface area contributed by atoms with Crippen molar-refractivity contribution >= 4 is 11.6 Å². The number of hydrogen-bond acceptors (Lipinski definition) is 4. The number of hydrogen-bond donors (Lipinski definition) is 2. The summed E-state index contributed by atoms with van der Waals surface area (Å²) in [7, 11) is 0. The average molecular weight is 502 g/mol. The van der Waals surface area contributed by atoms with Crippen LogP contribution in [0.4, 0.5) is 23.2 Å². The Morgan fingerprint density at radius 1 is 1.08 bits per heavy atom. The van der Waals surface area contributed by atoms with E-state index in [1.165, 1.54) is 30.5 Å². The van der Waals surface area contributed by atoms with E-state index < -0.39 is 35.1 Å². The van der Waals surface area contributed by atoms with Gasteiger partial charge >= 0.3 is 0 Å². The van der Waals surface area contributed by atoms with Crippen molar-refractivity contribution in [3.05, 3.63) is 94.8 Å². The topological polar surface area (TPSA) is 63.2 Å². The molecule has 0 aliphatic carbocycles. The van der Waals surface area contributed by atoms with Crippen LogP contribution >= 0.6 is 0 Å². The predicted molar refractivity (Wildman–Crippen MR) is 128 cm³/mol. The highest BCUT2D eigenvalue weighted by atomic mass is 19.1. The number of ether oxygens (including phenoxy) is 1. The van der Waals surface area contributed by atoms with Gasteiger partial charge in [0.2, 0.25) is 5.91 Å². The Kier molecular flexibility index (Phi) is 8.32. The third-order valence-electron chi connectivity index (χ3n) is 6.27. The molecule has 5 nitrogen and oxygen atoms in total. The first-order valence-corrected chi connectivity index (χ1v) is 11.8. The Balaban J connectivity index is 1.52. The van der Waals surface area contributed by atoms with Crippen LogP contribution in [0, 0.1) is 23.3 Å². The standard InChI is InChI=1S/C27H27F4N3O2/c1-16-15-36-20(12-33-16)7-8-21-25(31)13-32-14-26(21)34-27(35)11-22(17-2-4-18(28)5-3-17)23-10-19(29)6-9-24(23)30/h2-6,9-10,13-14,16,20,22,33H,7-8,11-12,15H2,1H3,(H,34,35)/t16-,20+,22-/m0/s1. The lowest BCUT2D eigenvalue weighted by Crippen LogP contribution is -2.44. The Hall–Kier alpha value is -3.30. The van der Waals surface area contributed by atoms with Crippen molar-refractivity contribution in [1.29, 1.82) is 0 Å². The lowest BCUT2D eigenvalue weighted by molar-refractivity contribution is -0.116. The maximum absolute atomic E-state index is 14.6. The SMILES string of the molecule is C[C@H]1CO[C@H](CCc2c(F)cncc2NC(=O)C[C@@H](c2ccc(F)cc2)c2cc(F)ccc2F)CN1. The molecule has 36 heavy (non-hydrogen) atoms. The molecule has 3 atom stereocenters. The third-order valence-corrected chi connectivity index (χ3v) is 6.27. The van der Waals surface area contributed by atoms with Crippen LogP contribution < -0.4 is 10.6 Å². The minimum atomic E-state index is -0.894. The van der Waals surface area contributed by atoms with Gasteiger partial charge in [-0.1, -0.05) is 12.1 Å². The highest BCUT2D eigenvalue weighted by Crippen LogP contribution is 2.32. The molecular formula is C27H27F4N3O2. The summed E-state index contributed by atoms with van der Waals surface area (Å²) in [6.07, 6.45) is 2.91. The van der Waals surface area contributed by atoms with E-state index in [4.69, 9.17) is 4.74 Å². The molecule has 2 aromatic carbocycles. The molecule has 1 aliphatic heterocycles. The van der Waals surface area contributed by atoms with E-state index in [2.05, 4.69) is 15.6 Å². The minimum absolute atomic E-state index is 0.0366. The fourth-order valence-electron chi connectivity index (χ4n) is 4.32. The molecule has 1 saturated heterocycles. The Labute approximate surface area is 206 Å². The Morgan fingerprint density at radius 2 is 1.83 bits per heavy atom. The van der Waals surface area contributed by atoms with Crippen LogP contribution in [0.3, 0.4) is 0 Å². The van der Waals surface area contributed by atoms with Crippen LogP contribution in [0.2, 0.25) is 0 Å². The number of rotatable bonds is 8. The van der Waals surface area contributed by atoms with Crippen molar-refractivity contribution in [3.63, 3.8) is 0 Å². The molecule has 2 N–H and O–H groups in total. The molecule has 1 amide bonds. The van der Waals surface area contributed by atoms with Gasteiger partial charge in [-0.3, -0.25) is 9.78 Å². The maximum Gasteiger partial charge on any atom is 0.225 e. The van der Waals surface area contributed by atoms with E-state index in [9.17, 15) is 22.4 Å². The molecule has 9 heteroatoms. The minimum Gasteiger partial charge on any atom is -0.375 e. The van der Waals surface area contributed by atoms with Crippen LogP contribution in [-0.2, 0) is 16.0 Å². The van der Waals surface area contributed by atoms with Crippen LogP contribution in [-0.4, -0.2) is 36.2 Å². The van der Waals surface area contributed by atoms with E-state index in [1.54, 1.807) is 0 Å². The van der Waals surface area contributed by atoms with Crippen molar-refractivity contribution in [2.24, 2.45) is 0 Å². The largest absolute Gasteiger partial charge is 0.375 e. The summed E-state index contributed by atoms with van der Waals surface area (Å²) in [5.74, 6) is -3.85. The first-order valence-electron chi connectivity index (χ1n) is 11.8. The molecule has 2 heterocycles. The quantitative estimate of drug-likeness (QED) is 0.421. The summed E-state index contributed by atoms with van der Waals surface area (Å²) in [6.45, 7) is 3.23. The number of anilines is 1. The van der Waals surface area contributed by atoms with Crippen LogP contribution in [0.5, 0.6) is 0 Å². The molecule has 0 unspecified atom stereocenters. The molecule has 0 saturated carbocycles. The number of pyridine rings is 1. The van der Waals surface area contributed by atoms with Gasteiger partial charge in [0.15, 0.2) is 0 Å². The maximum atomic E-state index is 14.6. The van der Waals surface area contributed by atoms with E-state index in [-0.39, 0.29) is 35.4 Å². The summed E-state index contributed by atoms with van der Waals surface area (Å²) in [4.78, 5) is 16.9. The van der Waals surface area contributed by atoms with Gasteiger partial charge in [-0.2, -0.15) is 0 Å². The summed E-state index contributed by atoms with van der Waals surface area (Å²) in [5, 5.41) is 5.99. The number of morpholine rings is 1. The molecule has 1 aromatic heterocycles. The first kappa shape index (κ1) is 25.8. The Morgan fingerprint density at radius 3 is 2.56 bits per heavy atom. The number of carbonyl (C=O) groups excluding carboxylic acids is 1. The van der Waals surface area contributed by atoms with Gasteiger partial charge in [0.25, 0.3) is 0 Å². The Bertz CT molecular complexity index is 1200. The van der Waals surface area contributed by atoms with Gasteiger partial charge in [0.1, 0.15) is 23.3 Å². The van der Waals surface area contributed by atoms with Crippen molar-refractivity contribution < 1.29 is 27.1 Å². The van der Waals surface area contributed by atoms with Crippen LogP contribution in [0.1, 0.15) is 42.4 Å². The molecule has 1 aliphatic rings. The van der Waals surface area contributed by atoms with Gasteiger partial charge in [-0.05, 0) is 61.2 Å². The average Bonchev–Trinajstić information content (AvgIpc) is 2.85. The van der Waals surface area contributed by atoms with Gasteiger partial charge in [-0.25, -0.2) is 17.6 Å². The normalized spacial score (nSPS) is 18.6. The lowest BCUT2D eigenvalue weighted by Gasteiger charge is -2.28. The monoisotopic (exact) mass is 501 g/mol. The lowest BCUT2D eigenvalue weighted by atomic mass is 9.87. The van der Waals surface area contributed by atoms with Crippen molar-refractivity contribution in [1.82, 2.24) is 10.3 Å². The zero-order valence-electron chi connectivity index (χ0n) is 19.7. The molecular weight excluding hydrogens is 474 g/mol. The second-order valence-electron chi connectivity index (χ2n) is 8.97. The number of nitrogens with one attached hydrogen (secondary N) is 2. The second-order valence-corrected chi connectivity index (χ2v) is 8.97. The summed E-state index contributed by atoms with van der Waals surface area (Å²) < 4.78 is 62.5. The van der Waals surface area contributed by atoms with Gasteiger partial charge < -0.3 is 15.4 Å². The smallest absolute Gasteiger partial charge is 0.225 e. The predicted octanol–water partition coefficient (Wildman–Crippen LogP) is 5.11. The van der Waals surface area contributed by atoms with E-state index in [1.807, 2.05) is 6.92 Å². The zero-order valence-corrected chi connectivity index (χ0v) is 19.7. The van der Waals surface area contributed by atoms with Crippen LogP contribution in [0.15, 0.2) is 54.9 Å². The molecule has 0 bridgehead atoms. The molecule has 1 fully saturated rings. The fraction of sp³-hybridized carbons (Fsp3) is 0.333. The van der Waals surface area contributed by atoms with Crippen LogP contribution in [0.25, 0.3) is 0 Å². The molecule has 3 aromatic rings. The highest BCUT2D eigenvalue weighted by molar-refractivity contribution is 5.92. The summed E-state index contributed by atoms with van der Waals surface area (Å²) in [5.41, 5.74) is 0.890. The van der Waals surface area contributed by atoms with E-state index in [0.29, 0.717) is 31.6 Å². The summed E-state index contributed by atoms with van der Waals surface area (Å²) in [6, 6.07) is 8.46. The molecule has 0 spiro atoms. The third kappa shape index (κ3) is 6.47. The highest BCUT2D eigenvalue weighted by Gasteiger charge is 2.24. The van der Waals surface area contributed by atoms with Crippen molar-refractivity contribution in [2.45, 2.75) is 44.2 Å². The number of aromatic nitrogens is 1. The second kappa shape index (κ2) is 11.6. The zero-order chi connectivity index (χ0) is 25.7. The van der Waals surface area contributed by atoms with Gasteiger partial charge in [0, 0.05) is 30.5 Å². The fourth-order valence-corrected chi connectivity index (χ4v) is 4.32. The van der Waals surface area contributed by atoms with E-state index >= 15 is 0 Å². The molecule has 0 radical (unpaired) electrons. The van der Waals surface area contributed by atoms with Gasteiger partial charge in [0.05, 0.1) is 30.8 Å².